The zero-order chi connectivity index (χ0) is 30.5. The van der Waals surface area contributed by atoms with E-state index in [9.17, 15) is 14.7 Å². The van der Waals surface area contributed by atoms with Gasteiger partial charge in [-0.15, -0.1) is 0 Å². The summed E-state index contributed by atoms with van der Waals surface area (Å²) in [5.41, 5.74) is 0. The second kappa shape index (κ2) is 28.8. The van der Waals surface area contributed by atoms with Gasteiger partial charge < -0.3 is 14.7 Å². The van der Waals surface area contributed by atoms with Crippen molar-refractivity contribution in [2.45, 2.75) is 181 Å². The minimum absolute atomic E-state index is 0.0305. The highest BCUT2D eigenvalue weighted by Gasteiger charge is 2.22. The Morgan fingerprint density at radius 1 is 0.619 bits per heavy atom. The summed E-state index contributed by atoms with van der Waals surface area (Å²) in [6, 6.07) is 0. The molecule has 5 nitrogen and oxygen atoms in total. The lowest BCUT2D eigenvalue weighted by Crippen LogP contribution is -2.29. The standard InChI is InChI=1S/C37H71NO4/c1-3-5-7-8-9-13-20-32-42-37(41)23-17-11-10-12-18-28-38(30-31-39)29-19-14-16-22-36(40)33-35-26-24-34(25-27-35)21-15-6-4-2/h34-35,39H,3-33H2,1-2H3. The minimum Gasteiger partial charge on any atom is -0.466 e. The number of hydrogen-bond acceptors (Lipinski definition) is 5. The molecule has 0 heterocycles. The van der Waals surface area contributed by atoms with Crippen molar-refractivity contribution in [3.8, 4) is 0 Å². The lowest BCUT2D eigenvalue weighted by Gasteiger charge is -2.28. The van der Waals surface area contributed by atoms with E-state index in [1.54, 1.807) is 0 Å². The van der Waals surface area contributed by atoms with Crippen LogP contribution in [0.2, 0.25) is 0 Å². The van der Waals surface area contributed by atoms with Gasteiger partial charge >= 0.3 is 5.97 Å². The first kappa shape index (κ1) is 39.1. The van der Waals surface area contributed by atoms with Gasteiger partial charge in [0.2, 0.25) is 0 Å². The molecule has 1 fully saturated rings. The van der Waals surface area contributed by atoms with Crippen LogP contribution in [0.5, 0.6) is 0 Å². The van der Waals surface area contributed by atoms with Gasteiger partial charge in [-0.2, -0.15) is 0 Å². The number of aliphatic hydroxyl groups is 1. The third kappa shape index (κ3) is 23.5. The van der Waals surface area contributed by atoms with Crippen molar-refractivity contribution >= 4 is 11.8 Å². The van der Waals surface area contributed by atoms with Gasteiger partial charge in [-0.3, -0.25) is 9.59 Å². The molecule has 42 heavy (non-hydrogen) atoms. The Hall–Kier alpha value is -0.940. The third-order valence-corrected chi connectivity index (χ3v) is 9.41. The summed E-state index contributed by atoms with van der Waals surface area (Å²) in [5, 5.41) is 9.47. The Bertz CT molecular complexity index is 617. The van der Waals surface area contributed by atoms with E-state index in [1.807, 2.05) is 0 Å². The molecule has 1 aliphatic carbocycles. The van der Waals surface area contributed by atoms with Crippen LogP contribution in [0.4, 0.5) is 0 Å². The minimum atomic E-state index is -0.0305. The maximum absolute atomic E-state index is 12.5. The Balaban J connectivity index is 1.96. The molecule has 0 amide bonds. The van der Waals surface area contributed by atoms with Crippen LogP contribution in [-0.4, -0.2) is 54.6 Å². The van der Waals surface area contributed by atoms with Gasteiger partial charge in [0, 0.05) is 25.8 Å². The first-order chi connectivity index (χ1) is 20.6. The van der Waals surface area contributed by atoms with E-state index in [1.165, 1.54) is 96.3 Å². The molecule has 248 valence electrons. The molecule has 0 aromatic rings. The number of aliphatic hydroxyl groups excluding tert-OH is 1. The Labute approximate surface area is 261 Å². The van der Waals surface area contributed by atoms with Gasteiger partial charge in [-0.1, -0.05) is 117 Å². The highest BCUT2D eigenvalue weighted by atomic mass is 16.5. The number of rotatable bonds is 30. The highest BCUT2D eigenvalue weighted by Crippen LogP contribution is 2.34. The Morgan fingerprint density at radius 2 is 1.14 bits per heavy atom. The maximum atomic E-state index is 12.5. The summed E-state index contributed by atoms with van der Waals surface area (Å²) in [5.74, 6) is 2.02. The number of unbranched alkanes of at least 4 members (excludes halogenated alkanes) is 14. The molecular formula is C37H71NO4. The van der Waals surface area contributed by atoms with Crippen LogP contribution in [-0.2, 0) is 14.3 Å². The second-order valence-electron chi connectivity index (χ2n) is 13.4. The maximum Gasteiger partial charge on any atom is 0.305 e. The number of ether oxygens (including phenoxy) is 1. The monoisotopic (exact) mass is 594 g/mol. The van der Waals surface area contributed by atoms with Gasteiger partial charge in [0.05, 0.1) is 13.2 Å². The molecule has 1 aliphatic rings. The number of carbonyl (C=O) groups excluding carboxylic acids is 2. The molecule has 0 spiro atoms. The highest BCUT2D eigenvalue weighted by molar-refractivity contribution is 5.78. The molecule has 0 radical (unpaired) electrons. The number of ketones is 1. The molecule has 0 saturated heterocycles. The van der Waals surface area contributed by atoms with Crippen molar-refractivity contribution < 1.29 is 19.4 Å². The average Bonchev–Trinajstić information content (AvgIpc) is 2.98. The zero-order valence-corrected chi connectivity index (χ0v) is 28.2. The van der Waals surface area contributed by atoms with Gasteiger partial charge in [0.1, 0.15) is 5.78 Å². The van der Waals surface area contributed by atoms with E-state index in [2.05, 4.69) is 18.7 Å². The number of carbonyl (C=O) groups is 2. The quantitative estimate of drug-likeness (QED) is 0.0663. The molecule has 1 N–H and O–H groups in total. The van der Waals surface area contributed by atoms with Crippen molar-refractivity contribution in [1.29, 1.82) is 0 Å². The zero-order valence-electron chi connectivity index (χ0n) is 28.2. The number of nitrogens with zero attached hydrogens (tertiary/aromatic N) is 1. The van der Waals surface area contributed by atoms with E-state index in [0.717, 1.165) is 89.8 Å². The summed E-state index contributed by atoms with van der Waals surface area (Å²) in [4.78, 5) is 26.8. The summed E-state index contributed by atoms with van der Waals surface area (Å²) in [7, 11) is 0. The van der Waals surface area contributed by atoms with Crippen LogP contribution < -0.4 is 0 Å². The molecule has 0 aromatic carbocycles. The van der Waals surface area contributed by atoms with Crippen molar-refractivity contribution in [2.75, 3.05) is 32.8 Å². The number of esters is 1. The predicted molar refractivity (Wildman–Crippen MR) is 178 cm³/mol. The fourth-order valence-electron chi connectivity index (χ4n) is 6.59. The van der Waals surface area contributed by atoms with Crippen molar-refractivity contribution in [3.63, 3.8) is 0 Å². The van der Waals surface area contributed by atoms with Crippen LogP contribution >= 0.6 is 0 Å². The van der Waals surface area contributed by atoms with Gasteiger partial charge in [-0.25, -0.2) is 0 Å². The number of Topliss-reactive ketones (excluding diaryl/α,β-unsaturated/α-hetero) is 1. The predicted octanol–water partition coefficient (Wildman–Crippen LogP) is 9.82. The molecular weight excluding hydrogens is 522 g/mol. The normalized spacial score (nSPS) is 17.1. The lowest BCUT2D eigenvalue weighted by atomic mass is 9.77. The second-order valence-corrected chi connectivity index (χ2v) is 13.4. The van der Waals surface area contributed by atoms with Crippen LogP contribution in [0.3, 0.4) is 0 Å². The van der Waals surface area contributed by atoms with E-state index >= 15 is 0 Å². The summed E-state index contributed by atoms with van der Waals surface area (Å²) >= 11 is 0. The smallest absolute Gasteiger partial charge is 0.305 e. The summed E-state index contributed by atoms with van der Waals surface area (Å²) < 4.78 is 5.39. The van der Waals surface area contributed by atoms with Crippen molar-refractivity contribution in [2.24, 2.45) is 11.8 Å². The molecule has 0 atom stereocenters. The van der Waals surface area contributed by atoms with E-state index in [0.29, 0.717) is 24.7 Å². The van der Waals surface area contributed by atoms with Gasteiger partial charge in [0.25, 0.3) is 0 Å². The average molecular weight is 594 g/mol. The molecule has 0 aromatic heterocycles. The molecule has 0 unspecified atom stereocenters. The summed E-state index contributed by atoms with van der Waals surface area (Å²) in [6.45, 7) is 8.10. The first-order valence-corrected chi connectivity index (χ1v) is 18.6. The van der Waals surface area contributed by atoms with Crippen LogP contribution in [0.15, 0.2) is 0 Å². The third-order valence-electron chi connectivity index (χ3n) is 9.41. The summed E-state index contributed by atoms with van der Waals surface area (Å²) in [6.07, 6.45) is 30.2. The fraction of sp³-hybridized carbons (Fsp3) is 0.946. The van der Waals surface area contributed by atoms with Gasteiger partial charge in [-0.05, 0) is 69.9 Å². The van der Waals surface area contributed by atoms with E-state index in [-0.39, 0.29) is 12.6 Å². The first-order valence-electron chi connectivity index (χ1n) is 18.6. The molecule has 1 rings (SSSR count). The van der Waals surface area contributed by atoms with E-state index in [4.69, 9.17) is 4.74 Å². The van der Waals surface area contributed by atoms with Crippen molar-refractivity contribution in [1.82, 2.24) is 4.90 Å². The SMILES string of the molecule is CCCCCCCCCOC(=O)CCCCCCCN(CCO)CCCCCC(=O)CC1CCC(CCCCC)CC1. The largest absolute Gasteiger partial charge is 0.466 e. The fourth-order valence-corrected chi connectivity index (χ4v) is 6.59. The van der Waals surface area contributed by atoms with E-state index < -0.39 is 0 Å². The van der Waals surface area contributed by atoms with Crippen LogP contribution in [0.1, 0.15) is 181 Å². The Morgan fingerprint density at radius 3 is 1.81 bits per heavy atom. The van der Waals surface area contributed by atoms with Crippen molar-refractivity contribution in [3.05, 3.63) is 0 Å². The Kier molecular flexibility index (Phi) is 26.8. The number of hydrogen-bond donors (Lipinski definition) is 1. The van der Waals surface area contributed by atoms with Crippen LogP contribution in [0, 0.1) is 11.8 Å². The topological polar surface area (TPSA) is 66.8 Å². The molecule has 5 heteroatoms. The molecule has 1 saturated carbocycles. The lowest BCUT2D eigenvalue weighted by molar-refractivity contribution is -0.143. The van der Waals surface area contributed by atoms with Gasteiger partial charge in [0.15, 0.2) is 0 Å². The molecule has 0 bridgehead atoms. The molecule has 0 aliphatic heterocycles. The van der Waals surface area contributed by atoms with Crippen LogP contribution in [0.25, 0.3) is 0 Å².